The molecule has 0 saturated heterocycles. The smallest absolute Gasteiger partial charge is 0.214 e. The zero-order valence-electron chi connectivity index (χ0n) is 12.1. The van der Waals surface area contributed by atoms with Crippen molar-refractivity contribution in [2.75, 3.05) is 32.4 Å². The predicted molar refractivity (Wildman–Crippen MR) is 82.4 cm³/mol. The minimum Gasteiger partial charge on any atom is -0.320 e. The molecular formula is C15H24N2O2S. The monoisotopic (exact) mass is 296 g/mol. The second kappa shape index (κ2) is 7.20. The molecule has 1 aliphatic rings. The number of nitrogens with zero attached hydrogens (tertiary/aromatic N) is 1. The maximum atomic E-state index is 12.4. The van der Waals surface area contributed by atoms with Gasteiger partial charge in [0.25, 0.3) is 0 Å². The SMILES string of the molecule is CNCCCCS(=O)(=O)N1CCc2ccccc2CC1. The molecule has 0 bridgehead atoms. The van der Waals surface area contributed by atoms with Crippen LogP contribution in [0, 0.1) is 0 Å². The fourth-order valence-corrected chi connectivity index (χ4v) is 4.21. The summed E-state index contributed by atoms with van der Waals surface area (Å²) in [6.07, 6.45) is 3.29. The molecule has 0 fully saturated rings. The van der Waals surface area contributed by atoms with Gasteiger partial charge in [-0.1, -0.05) is 24.3 Å². The van der Waals surface area contributed by atoms with E-state index in [4.69, 9.17) is 0 Å². The molecule has 0 unspecified atom stereocenters. The number of sulfonamides is 1. The maximum absolute atomic E-state index is 12.4. The maximum Gasteiger partial charge on any atom is 0.214 e. The number of hydrogen-bond donors (Lipinski definition) is 1. The molecular weight excluding hydrogens is 272 g/mol. The highest BCUT2D eigenvalue weighted by atomic mass is 32.2. The summed E-state index contributed by atoms with van der Waals surface area (Å²) in [5.41, 5.74) is 2.58. The van der Waals surface area contributed by atoms with Crippen molar-refractivity contribution in [1.29, 1.82) is 0 Å². The first-order chi connectivity index (χ1) is 9.63. The van der Waals surface area contributed by atoms with Gasteiger partial charge in [0.1, 0.15) is 0 Å². The van der Waals surface area contributed by atoms with E-state index in [1.54, 1.807) is 4.31 Å². The van der Waals surface area contributed by atoms with Crippen LogP contribution in [-0.4, -0.2) is 45.2 Å². The Morgan fingerprint density at radius 3 is 2.25 bits per heavy atom. The van der Waals surface area contributed by atoms with Gasteiger partial charge in [-0.05, 0) is 50.4 Å². The summed E-state index contributed by atoms with van der Waals surface area (Å²) in [5.74, 6) is 0.269. The Morgan fingerprint density at radius 1 is 1.10 bits per heavy atom. The van der Waals surface area contributed by atoms with E-state index < -0.39 is 10.0 Å². The van der Waals surface area contributed by atoms with Crippen LogP contribution in [0.5, 0.6) is 0 Å². The van der Waals surface area contributed by atoms with Gasteiger partial charge >= 0.3 is 0 Å². The minimum atomic E-state index is -3.10. The molecule has 112 valence electrons. The number of fused-ring (bicyclic) bond motifs is 1. The molecule has 0 saturated carbocycles. The van der Waals surface area contributed by atoms with Crippen molar-refractivity contribution < 1.29 is 8.42 Å². The average Bonchev–Trinajstić information content (AvgIpc) is 2.66. The predicted octanol–water partition coefficient (Wildman–Crippen LogP) is 1.42. The molecule has 1 heterocycles. The summed E-state index contributed by atoms with van der Waals surface area (Å²) in [4.78, 5) is 0. The highest BCUT2D eigenvalue weighted by molar-refractivity contribution is 7.89. The molecule has 20 heavy (non-hydrogen) atoms. The van der Waals surface area contributed by atoms with Gasteiger partial charge in [0.05, 0.1) is 5.75 Å². The summed E-state index contributed by atoms with van der Waals surface area (Å²) in [6.45, 7) is 2.11. The normalized spacial score (nSPS) is 16.6. The fourth-order valence-electron chi connectivity index (χ4n) is 2.64. The second-order valence-corrected chi connectivity index (χ2v) is 7.38. The number of unbranched alkanes of at least 4 members (excludes halogenated alkanes) is 1. The topological polar surface area (TPSA) is 49.4 Å². The van der Waals surface area contributed by atoms with E-state index in [9.17, 15) is 8.42 Å². The molecule has 0 atom stereocenters. The van der Waals surface area contributed by atoms with E-state index >= 15 is 0 Å². The molecule has 1 aliphatic heterocycles. The Kier molecular flexibility index (Phi) is 5.57. The minimum absolute atomic E-state index is 0.269. The molecule has 0 radical (unpaired) electrons. The van der Waals surface area contributed by atoms with Crippen molar-refractivity contribution in [3.8, 4) is 0 Å². The number of hydrogen-bond acceptors (Lipinski definition) is 3. The Labute approximate surface area is 122 Å². The summed E-state index contributed by atoms with van der Waals surface area (Å²) in [6, 6.07) is 8.28. The lowest BCUT2D eigenvalue weighted by atomic mass is 10.0. The molecule has 5 heteroatoms. The van der Waals surface area contributed by atoms with Crippen molar-refractivity contribution >= 4 is 10.0 Å². The van der Waals surface area contributed by atoms with Gasteiger partial charge in [0.2, 0.25) is 10.0 Å². The van der Waals surface area contributed by atoms with Crippen LogP contribution in [0.3, 0.4) is 0 Å². The first-order valence-corrected chi connectivity index (χ1v) is 8.93. The van der Waals surface area contributed by atoms with Crippen LogP contribution >= 0.6 is 0 Å². The highest BCUT2D eigenvalue weighted by Gasteiger charge is 2.23. The van der Waals surface area contributed by atoms with Crippen LogP contribution in [0.15, 0.2) is 24.3 Å². The molecule has 1 aromatic rings. The lowest BCUT2D eigenvalue weighted by Crippen LogP contribution is -2.35. The van der Waals surface area contributed by atoms with Crippen molar-refractivity contribution in [2.45, 2.75) is 25.7 Å². The molecule has 1 N–H and O–H groups in total. The van der Waals surface area contributed by atoms with E-state index in [-0.39, 0.29) is 5.75 Å². The first kappa shape index (κ1) is 15.5. The largest absolute Gasteiger partial charge is 0.320 e. The molecule has 4 nitrogen and oxygen atoms in total. The highest BCUT2D eigenvalue weighted by Crippen LogP contribution is 2.18. The first-order valence-electron chi connectivity index (χ1n) is 7.33. The van der Waals surface area contributed by atoms with E-state index in [1.807, 2.05) is 19.2 Å². The molecule has 1 aromatic carbocycles. The summed E-state index contributed by atoms with van der Waals surface area (Å²) in [7, 11) is -1.21. The van der Waals surface area contributed by atoms with Gasteiger partial charge in [-0.2, -0.15) is 0 Å². The quantitative estimate of drug-likeness (QED) is 0.808. The van der Waals surface area contributed by atoms with Crippen LogP contribution in [0.2, 0.25) is 0 Å². The van der Waals surface area contributed by atoms with Gasteiger partial charge in [-0.3, -0.25) is 0 Å². The zero-order chi connectivity index (χ0) is 14.4. The van der Waals surface area contributed by atoms with Gasteiger partial charge < -0.3 is 5.32 Å². The van der Waals surface area contributed by atoms with E-state index in [2.05, 4.69) is 17.4 Å². The zero-order valence-corrected chi connectivity index (χ0v) is 13.0. The van der Waals surface area contributed by atoms with E-state index in [0.717, 1.165) is 32.2 Å². The number of benzene rings is 1. The molecule has 0 aliphatic carbocycles. The standard InChI is InChI=1S/C15H24N2O2S/c1-16-10-4-5-13-20(18,19)17-11-8-14-6-2-3-7-15(14)9-12-17/h2-3,6-7,16H,4-5,8-13H2,1H3. The van der Waals surface area contributed by atoms with Gasteiger partial charge in [-0.25, -0.2) is 12.7 Å². The third kappa shape index (κ3) is 4.04. The number of nitrogens with one attached hydrogen (secondary N) is 1. The Morgan fingerprint density at radius 2 is 1.70 bits per heavy atom. The number of rotatable bonds is 6. The van der Waals surface area contributed by atoms with Crippen LogP contribution in [0.1, 0.15) is 24.0 Å². The molecule has 0 aromatic heterocycles. The van der Waals surface area contributed by atoms with E-state index in [0.29, 0.717) is 13.1 Å². The third-order valence-corrected chi connectivity index (χ3v) is 5.81. The van der Waals surface area contributed by atoms with Gasteiger partial charge in [-0.15, -0.1) is 0 Å². The Hall–Kier alpha value is -0.910. The summed E-state index contributed by atoms with van der Waals surface area (Å²) < 4.78 is 26.4. The fraction of sp³-hybridized carbons (Fsp3) is 0.600. The van der Waals surface area contributed by atoms with Crippen molar-refractivity contribution in [2.24, 2.45) is 0 Å². The average molecular weight is 296 g/mol. The molecule has 0 spiro atoms. The van der Waals surface area contributed by atoms with Gasteiger partial charge in [0.15, 0.2) is 0 Å². The Bertz CT molecular complexity index is 501. The summed E-state index contributed by atoms with van der Waals surface area (Å²) in [5, 5.41) is 3.05. The third-order valence-electron chi connectivity index (χ3n) is 3.85. The van der Waals surface area contributed by atoms with Crippen LogP contribution in [0.25, 0.3) is 0 Å². The van der Waals surface area contributed by atoms with Crippen molar-refractivity contribution in [3.05, 3.63) is 35.4 Å². The molecule has 2 rings (SSSR count). The van der Waals surface area contributed by atoms with Gasteiger partial charge in [0, 0.05) is 13.1 Å². The summed E-state index contributed by atoms with van der Waals surface area (Å²) >= 11 is 0. The van der Waals surface area contributed by atoms with Crippen LogP contribution < -0.4 is 5.32 Å². The molecule has 0 amide bonds. The lowest BCUT2D eigenvalue weighted by molar-refractivity contribution is 0.425. The van der Waals surface area contributed by atoms with E-state index in [1.165, 1.54) is 11.1 Å². The Balaban J connectivity index is 1.94. The van der Waals surface area contributed by atoms with Crippen LogP contribution in [-0.2, 0) is 22.9 Å². The second-order valence-electron chi connectivity index (χ2n) is 5.29. The lowest BCUT2D eigenvalue weighted by Gasteiger charge is -2.19. The van der Waals surface area contributed by atoms with Crippen molar-refractivity contribution in [3.63, 3.8) is 0 Å². The van der Waals surface area contributed by atoms with Crippen LogP contribution in [0.4, 0.5) is 0 Å². The van der Waals surface area contributed by atoms with Crippen molar-refractivity contribution in [1.82, 2.24) is 9.62 Å².